The Morgan fingerprint density at radius 3 is 2.61 bits per heavy atom. The largest absolute Gasteiger partial charge is 0.497 e. The van der Waals surface area contributed by atoms with Crippen LogP contribution < -0.4 is 15.2 Å². The molecule has 1 aliphatic rings. The van der Waals surface area contributed by atoms with Crippen molar-refractivity contribution in [1.29, 1.82) is 0 Å². The molecule has 98 valence electrons. The van der Waals surface area contributed by atoms with Crippen LogP contribution in [0.15, 0.2) is 18.2 Å². The zero-order valence-electron chi connectivity index (χ0n) is 10.8. The second-order valence-corrected chi connectivity index (χ2v) is 4.63. The van der Waals surface area contributed by atoms with Crippen molar-refractivity contribution in [1.82, 2.24) is 0 Å². The molecular formula is C14H19NO3. The first-order valence-corrected chi connectivity index (χ1v) is 6.19. The van der Waals surface area contributed by atoms with E-state index in [4.69, 9.17) is 15.2 Å². The number of methoxy groups -OCH3 is 2. The minimum absolute atomic E-state index is 0.0238. The number of nitrogens with two attached hydrogens (primary N) is 1. The maximum atomic E-state index is 12.4. The molecule has 0 aliphatic heterocycles. The fourth-order valence-corrected chi connectivity index (χ4v) is 2.52. The lowest BCUT2D eigenvalue weighted by atomic mass is 9.93. The Morgan fingerprint density at radius 2 is 2.06 bits per heavy atom. The molecule has 1 aromatic carbocycles. The summed E-state index contributed by atoms with van der Waals surface area (Å²) in [6, 6.07) is 5.24. The number of benzene rings is 1. The number of rotatable bonds is 4. The first kappa shape index (κ1) is 12.9. The average molecular weight is 249 g/mol. The van der Waals surface area contributed by atoms with E-state index in [2.05, 4.69) is 0 Å². The third-order valence-electron chi connectivity index (χ3n) is 3.58. The Morgan fingerprint density at radius 1 is 1.28 bits per heavy atom. The Labute approximate surface area is 107 Å². The summed E-state index contributed by atoms with van der Waals surface area (Å²) in [5, 5.41) is 0. The molecule has 0 radical (unpaired) electrons. The summed E-state index contributed by atoms with van der Waals surface area (Å²) < 4.78 is 10.4. The van der Waals surface area contributed by atoms with Gasteiger partial charge in [-0.05, 0) is 25.0 Å². The van der Waals surface area contributed by atoms with Gasteiger partial charge in [0.15, 0.2) is 5.78 Å². The number of ketones is 1. The standard InChI is InChI=1S/C14H19NO3/c1-17-9-6-7-11(13(8-9)18-2)14(16)10-4-3-5-12(10)15/h6-8,10,12H,3-5,15H2,1-2H3. The summed E-state index contributed by atoms with van der Waals surface area (Å²) in [6.45, 7) is 0. The van der Waals surface area contributed by atoms with Crippen LogP contribution in [-0.2, 0) is 0 Å². The molecule has 1 aliphatic carbocycles. The van der Waals surface area contributed by atoms with Crippen LogP contribution in [0, 0.1) is 5.92 Å². The first-order valence-electron chi connectivity index (χ1n) is 6.19. The summed E-state index contributed by atoms with van der Waals surface area (Å²) in [5.41, 5.74) is 6.58. The van der Waals surface area contributed by atoms with Gasteiger partial charge >= 0.3 is 0 Å². The number of carbonyl (C=O) groups is 1. The zero-order chi connectivity index (χ0) is 13.1. The lowest BCUT2D eigenvalue weighted by molar-refractivity contribution is 0.0910. The van der Waals surface area contributed by atoms with Gasteiger partial charge < -0.3 is 15.2 Å². The fraction of sp³-hybridized carbons (Fsp3) is 0.500. The Hall–Kier alpha value is -1.55. The molecule has 0 amide bonds. The van der Waals surface area contributed by atoms with E-state index < -0.39 is 0 Å². The number of hydrogen-bond acceptors (Lipinski definition) is 4. The lowest BCUT2D eigenvalue weighted by Gasteiger charge is -2.16. The molecule has 0 heterocycles. The topological polar surface area (TPSA) is 61.5 Å². The molecule has 1 saturated carbocycles. The van der Waals surface area contributed by atoms with Crippen LogP contribution in [0.5, 0.6) is 11.5 Å². The minimum Gasteiger partial charge on any atom is -0.497 e. The highest BCUT2D eigenvalue weighted by Gasteiger charge is 2.32. The van der Waals surface area contributed by atoms with Gasteiger partial charge in [-0.15, -0.1) is 0 Å². The molecule has 2 N–H and O–H groups in total. The summed E-state index contributed by atoms with van der Waals surface area (Å²) in [4.78, 5) is 12.4. The molecule has 0 aromatic heterocycles. The van der Waals surface area contributed by atoms with E-state index in [1.54, 1.807) is 32.4 Å². The van der Waals surface area contributed by atoms with E-state index in [0.717, 1.165) is 19.3 Å². The fourth-order valence-electron chi connectivity index (χ4n) is 2.52. The Kier molecular flexibility index (Phi) is 3.87. The Bertz CT molecular complexity index is 445. The van der Waals surface area contributed by atoms with Gasteiger partial charge in [0.05, 0.1) is 19.8 Å². The summed E-state index contributed by atoms with van der Waals surface area (Å²) in [5.74, 6) is 1.24. The molecule has 2 unspecified atom stereocenters. The third kappa shape index (κ3) is 2.34. The zero-order valence-corrected chi connectivity index (χ0v) is 10.8. The van der Waals surface area contributed by atoms with E-state index in [0.29, 0.717) is 17.1 Å². The van der Waals surface area contributed by atoms with Gasteiger partial charge in [-0.25, -0.2) is 0 Å². The summed E-state index contributed by atoms with van der Waals surface area (Å²) in [6.07, 6.45) is 2.82. The van der Waals surface area contributed by atoms with E-state index in [1.165, 1.54) is 0 Å². The Balaban J connectivity index is 2.29. The minimum atomic E-state index is -0.0766. The quantitative estimate of drug-likeness (QED) is 0.829. The predicted octanol–water partition coefficient (Wildman–Crippen LogP) is 2.01. The monoisotopic (exact) mass is 249 g/mol. The van der Waals surface area contributed by atoms with Crippen molar-refractivity contribution in [3.63, 3.8) is 0 Å². The predicted molar refractivity (Wildman–Crippen MR) is 69.2 cm³/mol. The maximum Gasteiger partial charge on any atom is 0.171 e. The SMILES string of the molecule is COc1ccc(C(=O)C2CCCC2N)c(OC)c1. The van der Waals surface area contributed by atoms with Crippen LogP contribution in [0.25, 0.3) is 0 Å². The highest BCUT2D eigenvalue weighted by atomic mass is 16.5. The van der Waals surface area contributed by atoms with Crippen molar-refractivity contribution in [2.75, 3.05) is 14.2 Å². The highest BCUT2D eigenvalue weighted by molar-refractivity contribution is 6.01. The van der Waals surface area contributed by atoms with Gasteiger partial charge in [0.25, 0.3) is 0 Å². The normalized spacial score (nSPS) is 22.8. The summed E-state index contributed by atoms with van der Waals surface area (Å²) in [7, 11) is 3.14. The number of carbonyl (C=O) groups excluding carboxylic acids is 1. The average Bonchev–Trinajstić information content (AvgIpc) is 2.83. The smallest absolute Gasteiger partial charge is 0.171 e. The van der Waals surface area contributed by atoms with Crippen molar-refractivity contribution in [2.24, 2.45) is 11.7 Å². The lowest BCUT2D eigenvalue weighted by Crippen LogP contribution is -2.30. The van der Waals surface area contributed by atoms with Gasteiger partial charge in [-0.2, -0.15) is 0 Å². The van der Waals surface area contributed by atoms with Crippen LogP contribution in [0.1, 0.15) is 29.6 Å². The van der Waals surface area contributed by atoms with Gasteiger partial charge in [-0.3, -0.25) is 4.79 Å². The number of Topliss-reactive ketones (excluding diaryl/α,β-unsaturated/α-hetero) is 1. The van der Waals surface area contributed by atoms with Crippen LogP contribution in [0.2, 0.25) is 0 Å². The molecule has 2 rings (SSSR count). The van der Waals surface area contributed by atoms with Crippen molar-refractivity contribution < 1.29 is 14.3 Å². The first-order chi connectivity index (χ1) is 8.67. The molecule has 4 heteroatoms. The van der Waals surface area contributed by atoms with Crippen LogP contribution in [0.3, 0.4) is 0 Å². The van der Waals surface area contributed by atoms with E-state index in [9.17, 15) is 4.79 Å². The van der Waals surface area contributed by atoms with Crippen LogP contribution in [-0.4, -0.2) is 26.0 Å². The second kappa shape index (κ2) is 5.40. The molecule has 0 saturated heterocycles. The molecule has 2 atom stereocenters. The number of ether oxygens (including phenoxy) is 2. The van der Waals surface area contributed by atoms with E-state index >= 15 is 0 Å². The number of hydrogen-bond donors (Lipinski definition) is 1. The van der Waals surface area contributed by atoms with Gasteiger partial charge in [-0.1, -0.05) is 6.42 Å². The van der Waals surface area contributed by atoms with Crippen LogP contribution >= 0.6 is 0 Å². The van der Waals surface area contributed by atoms with E-state index in [1.807, 2.05) is 0 Å². The van der Waals surface area contributed by atoms with Crippen molar-refractivity contribution in [3.05, 3.63) is 23.8 Å². The van der Waals surface area contributed by atoms with Crippen molar-refractivity contribution >= 4 is 5.78 Å². The van der Waals surface area contributed by atoms with Crippen molar-refractivity contribution in [3.8, 4) is 11.5 Å². The molecule has 4 nitrogen and oxygen atoms in total. The van der Waals surface area contributed by atoms with Crippen LogP contribution in [0.4, 0.5) is 0 Å². The highest BCUT2D eigenvalue weighted by Crippen LogP contribution is 2.32. The molecule has 0 spiro atoms. The van der Waals surface area contributed by atoms with Crippen molar-refractivity contribution in [2.45, 2.75) is 25.3 Å². The molecule has 1 fully saturated rings. The second-order valence-electron chi connectivity index (χ2n) is 4.63. The molecule has 18 heavy (non-hydrogen) atoms. The maximum absolute atomic E-state index is 12.4. The molecular weight excluding hydrogens is 230 g/mol. The summed E-state index contributed by atoms with van der Waals surface area (Å²) >= 11 is 0. The van der Waals surface area contributed by atoms with Gasteiger partial charge in [0.2, 0.25) is 0 Å². The molecule has 0 bridgehead atoms. The molecule has 1 aromatic rings. The third-order valence-corrected chi connectivity index (χ3v) is 3.58. The van der Waals surface area contributed by atoms with Gasteiger partial charge in [0.1, 0.15) is 11.5 Å². The van der Waals surface area contributed by atoms with E-state index in [-0.39, 0.29) is 17.7 Å². The van der Waals surface area contributed by atoms with Gasteiger partial charge in [0, 0.05) is 18.0 Å².